The van der Waals surface area contributed by atoms with Crippen molar-refractivity contribution in [2.45, 2.75) is 33.1 Å². The number of carbonyl (C=O) groups excluding carboxylic acids is 1. The number of carbonyl (C=O) groups is 1. The average Bonchev–Trinajstić information content (AvgIpc) is 2.37. The van der Waals surface area contributed by atoms with E-state index in [9.17, 15) is 4.79 Å². The Morgan fingerprint density at radius 3 is 2.47 bits per heavy atom. The number of esters is 1. The van der Waals surface area contributed by atoms with Gasteiger partial charge in [-0.1, -0.05) is 20.3 Å². The van der Waals surface area contributed by atoms with Gasteiger partial charge in [0.1, 0.15) is 0 Å². The minimum absolute atomic E-state index is 0.236. The van der Waals surface area contributed by atoms with E-state index < -0.39 is 0 Å². The Labute approximate surface area is 103 Å². The lowest BCUT2D eigenvalue weighted by Crippen LogP contribution is -2.06. The van der Waals surface area contributed by atoms with Crippen LogP contribution in [0.4, 0.5) is 5.69 Å². The summed E-state index contributed by atoms with van der Waals surface area (Å²) in [5.41, 5.74) is 1.65. The summed E-state index contributed by atoms with van der Waals surface area (Å²) >= 11 is 0. The molecule has 0 amide bonds. The van der Waals surface area contributed by atoms with Crippen molar-refractivity contribution in [3.8, 4) is 0 Å². The fraction of sp³-hybridized carbons (Fsp3) is 0.500. The van der Waals surface area contributed by atoms with Crippen LogP contribution in [-0.4, -0.2) is 19.1 Å². The van der Waals surface area contributed by atoms with Crippen molar-refractivity contribution in [1.82, 2.24) is 0 Å². The quantitative estimate of drug-likeness (QED) is 0.581. The van der Waals surface area contributed by atoms with Crippen molar-refractivity contribution in [2.75, 3.05) is 18.5 Å². The summed E-state index contributed by atoms with van der Waals surface area (Å²) in [5.74, 6) is -0.236. The van der Waals surface area contributed by atoms with Crippen LogP contribution in [-0.2, 0) is 4.74 Å². The fourth-order valence-corrected chi connectivity index (χ4v) is 1.39. The number of hydrogen-bond acceptors (Lipinski definition) is 3. The summed E-state index contributed by atoms with van der Waals surface area (Å²) < 4.78 is 5.13. The van der Waals surface area contributed by atoms with Gasteiger partial charge in [0.25, 0.3) is 0 Å². The van der Waals surface area contributed by atoms with Crippen molar-refractivity contribution in [2.24, 2.45) is 0 Å². The first-order valence-corrected chi connectivity index (χ1v) is 6.29. The summed E-state index contributed by atoms with van der Waals surface area (Å²) in [4.78, 5) is 11.6. The van der Waals surface area contributed by atoms with Gasteiger partial charge < -0.3 is 10.1 Å². The molecule has 1 aromatic rings. The molecule has 0 aromatic heterocycles. The molecule has 0 radical (unpaired) electrons. The van der Waals surface area contributed by atoms with Crippen LogP contribution in [0.2, 0.25) is 0 Å². The predicted molar refractivity (Wildman–Crippen MR) is 70.4 cm³/mol. The molecule has 0 saturated carbocycles. The van der Waals surface area contributed by atoms with Gasteiger partial charge in [0.15, 0.2) is 0 Å². The maximum Gasteiger partial charge on any atom is 0.338 e. The highest BCUT2D eigenvalue weighted by atomic mass is 16.5. The molecular weight excluding hydrogens is 214 g/mol. The Bertz CT molecular complexity index is 333. The van der Waals surface area contributed by atoms with E-state index in [1.807, 2.05) is 12.1 Å². The maximum absolute atomic E-state index is 11.6. The van der Waals surface area contributed by atoms with E-state index in [0.29, 0.717) is 12.2 Å². The van der Waals surface area contributed by atoms with Crippen LogP contribution in [0.15, 0.2) is 24.3 Å². The van der Waals surface area contributed by atoms with Crippen LogP contribution in [0.25, 0.3) is 0 Å². The third kappa shape index (κ3) is 4.89. The van der Waals surface area contributed by atoms with Crippen molar-refractivity contribution in [3.05, 3.63) is 29.8 Å². The topological polar surface area (TPSA) is 38.3 Å². The number of anilines is 1. The van der Waals surface area contributed by atoms with Gasteiger partial charge in [-0.05, 0) is 37.1 Å². The number of unbranched alkanes of at least 4 members (excludes halogenated alkanes) is 1. The lowest BCUT2D eigenvalue weighted by molar-refractivity contribution is 0.0500. The predicted octanol–water partition coefficient (Wildman–Crippen LogP) is 3.47. The Kier molecular flexibility index (Phi) is 6.15. The maximum atomic E-state index is 11.6. The molecule has 1 aromatic carbocycles. The van der Waals surface area contributed by atoms with Crippen molar-refractivity contribution < 1.29 is 9.53 Å². The van der Waals surface area contributed by atoms with E-state index >= 15 is 0 Å². The van der Waals surface area contributed by atoms with Gasteiger partial charge in [0.2, 0.25) is 0 Å². The highest BCUT2D eigenvalue weighted by Crippen LogP contribution is 2.10. The molecule has 1 rings (SSSR count). The Hall–Kier alpha value is -1.51. The molecule has 0 fully saturated rings. The Balaban J connectivity index is 2.46. The molecule has 0 unspecified atom stereocenters. The first-order valence-electron chi connectivity index (χ1n) is 6.29. The van der Waals surface area contributed by atoms with E-state index in [1.54, 1.807) is 12.1 Å². The Morgan fingerprint density at radius 1 is 1.18 bits per heavy atom. The first-order chi connectivity index (χ1) is 8.27. The van der Waals surface area contributed by atoms with E-state index in [-0.39, 0.29) is 5.97 Å². The van der Waals surface area contributed by atoms with Crippen molar-refractivity contribution in [3.63, 3.8) is 0 Å². The molecule has 0 aliphatic carbocycles. The van der Waals surface area contributed by atoms with Crippen LogP contribution in [0, 0.1) is 0 Å². The summed E-state index contributed by atoms with van der Waals surface area (Å²) in [6, 6.07) is 7.41. The van der Waals surface area contributed by atoms with Gasteiger partial charge >= 0.3 is 5.97 Å². The second kappa shape index (κ2) is 7.71. The van der Waals surface area contributed by atoms with E-state index in [1.165, 1.54) is 0 Å². The lowest BCUT2D eigenvalue weighted by Gasteiger charge is -2.06. The van der Waals surface area contributed by atoms with Crippen LogP contribution in [0.1, 0.15) is 43.5 Å². The lowest BCUT2D eigenvalue weighted by atomic mass is 10.2. The molecule has 0 atom stereocenters. The van der Waals surface area contributed by atoms with Gasteiger partial charge in [0, 0.05) is 12.2 Å². The molecule has 1 N–H and O–H groups in total. The van der Waals surface area contributed by atoms with E-state index in [4.69, 9.17) is 4.74 Å². The highest BCUT2D eigenvalue weighted by Gasteiger charge is 2.05. The molecule has 0 saturated heterocycles. The Morgan fingerprint density at radius 2 is 1.88 bits per heavy atom. The standard InChI is InChI=1S/C14H21NO2/c1-3-5-11-17-14(16)12-6-8-13(9-7-12)15-10-4-2/h6-9,15H,3-5,10-11H2,1-2H3. The van der Waals surface area contributed by atoms with Crippen molar-refractivity contribution >= 4 is 11.7 Å². The zero-order valence-corrected chi connectivity index (χ0v) is 10.7. The SMILES string of the molecule is CCCCOC(=O)c1ccc(NCCC)cc1. The van der Waals surface area contributed by atoms with Gasteiger partial charge in [0.05, 0.1) is 12.2 Å². The fourth-order valence-electron chi connectivity index (χ4n) is 1.39. The minimum atomic E-state index is -0.236. The van der Waals surface area contributed by atoms with Gasteiger partial charge in [-0.25, -0.2) is 4.79 Å². The van der Waals surface area contributed by atoms with Crippen LogP contribution < -0.4 is 5.32 Å². The smallest absolute Gasteiger partial charge is 0.338 e. The van der Waals surface area contributed by atoms with Gasteiger partial charge in [-0.3, -0.25) is 0 Å². The molecule has 0 aliphatic rings. The molecule has 3 heteroatoms. The normalized spacial score (nSPS) is 10.0. The first kappa shape index (κ1) is 13.6. The molecule has 0 bridgehead atoms. The summed E-state index contributed by atoms with van der Waals surface area (Å²) in [5, 5.41) is 3.26. The summed E-state index contributed by atoms with van der Waals surface area (Å²) in [6.45, 7) is 5.64. The van der Waals surface area contributed by atoms with Gasteiger partial charge in [-0.2, -0.15) is 0 Å². The zero-order chi connectivity index (χ0) is 12.5. The van der Waals surface area contributed by atoms with Gasteiger partial charge in [-0.15, -0.1) is 0 Å². The van der Waals surface area contributed by atoms with Crippen molar-refractivity contribution in [1.29, 1.82) is 0 Å². The molecule has 17 heavy (non-hydrogen) atoms. The van der Waals surface area contributed by atoms with Crippen LogP contribution >= 0.6 is 0 Å². The highest BCUT2D eigenvalue weighted by molar-refractivity contribution is 5.89. The van der Waals surface area contributed by atoms with Crippen LogP contribution in [0.5, 0.6) is 0 Å². The monoisotopic (exact) mass is 235 g/mol. The summed E-state index contributed by atoms with van der Waals surface area (Å²) in [6.07, 6.45) is 3.04. The number of ether oxygens (including phenoxy) is 1. The second-order valence-corrected chi connectivity index (χ2v) is 3.99. The average molecular weight is 235 g/mol. The molecule has 0 heterocycles. The second-order valence-electron chi connectivity index (χ2n) is 3.99. The molecule has 3 nitrogen and oxygen atoms in total. The molecule has 0 aliphatic heterocycles. The minimum Gasteiger partial charge on any atom is -0.462 e. The van der Waals surface area contributed by atoms with E-state index in [2.05, 4.69) is 19.2 Å². The molecule has 94 valence electrons. The number of rotatable bonds is 7. The number of hydrogen-bond donors (Lipinski definition) is 1. The van der Waals surface area contributed by atoms with E-state index in [0.717, 1.165) is 31.5 Å². The number of nitrogens with one attached hydrogen (secondary N) is 1. The summed E-state index contributed by atoms with van der Waals surface area (Å²) in [7, 11) is 0. The largest absolute Gasteiger partial charge is 0.462 e. The molecular formula is C14H21NO2. The zero-order valence-electron chi connectivity index (χ0n) is 10.7. The third-order valence-electron chi connectivity index (χ3n) is 2.43. The van der Waals surface area contributed by atoms with Crippen LogP contribution in [0.3, 0.4) is 0 Å². The third-order valence-corrected chi connectivity index (χ3v) is 2.43. The molecule has 0 spiro atoms. The number of benzene rings is 1.